The Kier molecular flexibility index (Phi) is 4.01. The van der Waals surface area contributed by atoms with Gasteiger partial charge in [0.05, 0.1) is 11.5 Å². The van der Waals surface area contributed by atoms with Gasteiger partial charge >= 0.3 is 0 Å². The number of nitrogens with zero attached hydrogens (tertiary/aromatic N) is 4. The van der Waals surface area contributed by atoms with E-state index in [9.17, 15) is 8.42 Å². The lowest BCUT2D eigenvalue weighted by molar-refractivity contribution is 0.262. The summed E-state index contributed by atoms with van der Waals surface area (Å²) in [6, 6.07) is 0.160. The lowest BCUT2D eigenvalue weighted by atomic mass is 10.2. The number of rotatable bonds is 5. The summed E-state index contributed by atoms with van der Waals surface area (Å²) in [5.74, 6) is 1.59. The zero-order chi connectivity index (χ0) is 13.2. The van der Waals surface area contributed by atoms with E-state index in [4.69, 9.17) is 0 Å². The minimum Gasteiger partial charge on any atom is -0.302 e. The summed E-state index contributed by atoms with van der Waals surface area (Å²) in [6.45, 7) is 3.67. The smallest absolute Gasteiger partial charge is 0.151 e. The van der Waals surface area contributed by atoms with Gasteiger partial charge in [-0.1, -0.05) is 0 Å². The summed E-state index contributed by atoms with van der Waals surface area (Å²) in [5.41, 5.74) is 0. The molecule has 6 nitrogen and oxygen atoms in total. The third-order valence-corrected chi connectivity index (χ3v) is 5.27. The number of likely N-dealkylation sites (N-methyl/N-ethyl adjacent to an activating group) is 1. The third kappa shape index (κ3) is 3.08. The summed E-state index contributed by atoms with van der Waals surface area (Å²) < 4.78 is 24.7. The van der Waals surface area contributed by atoms with Crippen molar-refractivity contribution in [2.24, 2.45) is 0 Å². The van der Waals surface area contributed by atoms with Crippen LogP contribution in [0.4, 0.5) is 0 Å². The molecule has 2 heterocycles. The first-order valence-corrected chi connectivity index (χ1v) is 8.11. The van der Waals surface area contributed by atoms with Gasteiger partial charge in [0.1, 0.15) is 12.2 Å². The predicted molar refractivity (Wildman–Crippen MR) is 69.1 cm³/mol. The van der Waals surface area contributed by atoms with Gasteiger partial charge < -0.3 is 4.90 Å². The second kappa shape index (κ2) is 5.36. The van der Waals surface area contributed by atoms with Crippen molar-refractivity contribution in [2.45, 2.75) is 32.4 Å². The largest absolute Gasteiger partial charge is 0.302 e. The molecule has 0 aliphatic carbocycles. The minimum atomic E-state index is -2.80. The molecule has 1 atom stereocenters. The highest BCUT2D eigenvalue weighted by molar-refractivity contribution is 7.91. The minimum absolute atomic E-state index is 0.160. The Bertz CT molecular complexity index is 497. The van der Waals surface area contributed by atoms with Crippen molar-refractivity contribution in [2.75, 3.05) is 25.1 Å². The number of hydrogen-bond donors (Lipinski definition) is 0. The average molecular weight is 272 g/mol. The molecule has 102 valence electrons. The molecule has 0 unspecified atom stereocenters. The van der Waals surface area contributed by atoms with Crippen LogP contribution in [-0.2, 0) is 22.8 Å². The first-order chi connectivity index (χ1) is 8.52. The van der Waals surface area contributed by atoms with E-state index >= 15 is 0 Å². The molecule has 0 bridgehead atoms. The molecule has 7 heteroatoms. The fourth-order valence-electron chi connectivity index (χ4n) is 2.33. The van der Waals surface area contributed by atoms with Crippen LogP contribution < -0.4 is 0 Å². The van der Waals surface area contributed by atoms with Crippen molar-refractivity contribution < 1.29 is 8.42 Å². The summed E-state index contributed by atoms with van der Waals surface area (Å²) in [4.78, 5) is 6.35. The SMILES string of the molecule is CCn1ncnc1CCN(C)[C@H]1CCS(=O)(=O)C1. The highest BCUT2D eigenvalue weighted by atomic mass is 32.2. The van der Waals surface area contributed by atoms with Gasteiger partial charge in [0.25, 0.3) is 0 Å². The molecule has 0 amide bonds. The van der Waals surface area contributed by atoms with E-state index in [-0.39, 0.29) is 6.04 Å². The van der Waals surface area contributed by atoms with Crippen molar-refractivity contribution in [3.05, 3.63) is 12.2 Å². The highest BCUT2D eigenvalue weighted by Gasteiger charge is 2.30. The Hall–Kier alpha value is -0.950. The summed E-state index contributed by atoms with van der Waals surface area (Å²) in [5, 5.41) is 4.12. The maximum absolute atomic E-state index is 11.4. The van der Waals surface area contributed by atoms with Gasteiger partial charge in [-0.05, 0) is 20.4 Å². The zero-order valence-electron chi connectivity index (χ0n) is 10.9. The van der Waals surface area contributed by atoms with E-state index in [0.29, 0.717) is 11.5 Å². The Balaban J connectivity index is 1.87. The van der Waals surface area contributed by atoms with Crippen LogP contribution in [0.15, 0.2) is 6.33 Å². The van der Waals surface area contributed by atoms with Gasteiger partial charge in [-0.15, -0.1) is 0 Å². The number of hydrogen-bond acceptors (Lipinski definition) is 5. The van der Waals surface area contributed by atoms with E-state index < -0.39 is 9.84 Å². The van der Waals surface area contributed by atoms with Crippen LogP contribution in [0.3, 0.4) is 0 Å². The van der Waals surface area contributed by atoms with Gasteiger partial charge in [0.2, 0.25) is 0 Å². The number of aryl methyl sites for hydroxylation is 1. The van der Waals surface area contributed by atoms with E-state index in [0.717, 1.165) is 31.8 Å². The number of sulfone groups is 1. The van der Waals surface area contributed by atoms with Crippen molar-refractivity contribution >= 4 is 9.84 Å². The third-order valence-electron chi connectivity index (χ3n) is 3.52. The van der Waals surface area contributed by atoms with Crippen LogP contribution in [0.5, 0.6) is 0 Å². The second-order valence-corrected chi connectivity index (χ2v) is 7.01. The normalized spacial score (nSPS) is 22.7. The predicted octanol–water partition coefficient (Wildman–Crippen LogP) is -0.0406. The van der Waals surface area contributed by atoms with Crippen molar-refractivity contribution in [1.82, 2.24) is 19.7 Å². The lowest BCUT2D eigenvalue weighted by Gasteiger charge is -2.22. The van der Waals surface area contributed by atoms with Crippen LogP contribution in [0.1, 0.15) is 19.2 Å². The molecule has 0 spiro atoms. The molecule has 18 heavy (non-hydrogen) atoms. The Morgan fingerprint density at radius 1 is 1.56 bits per heavy atom. The van der Waals surface area contributed by atoms with Crippen molar-refractivity contribution in [3.8, 4) is 0 Å². The van der Waals surface area contributed by atoms with Crippen molar-refractivity contribution in [3.63, 3.8) is 0 Å². The first kappa shape index (κ1) is 13.5. The Morgan fingerprint density at radius 2 is 2.33 bits per heavy atom. The molecule has 0 radical (unpaired) electrons. The quantitative estimate of drug-likeness (QED) is 0.752. The van der Waals surface area contributed by atoms with Gasteiger partial charge in [0, 0.05) is 25.6 Å². The molecule has 2 rings (SSSR count). The second-order valence-electron chi connectivity index (χ2n) is 4.78. The molecule has 1 aromatic rings. The van der Waals surface area contributed by atoms with Crippen molar-refractivity contribution in [1.29, 1.82) is 0 Å². The van der Waals surface area contributed by atoms with E-state index in [2.05, 4.69) is 15.0 Å². The highest BCUT2D eigenvalue weighted by Crippen LogP contribution is 2.16. The standard InChI is InChI=1S/C11H20N4O2S/c1-3-15-11(12-9-13-15)4-6-14(2)10-5-7-18(16,17)8-10/h9-10H,3-8H2,1-2H3/t10-/m0/s1. The maximum atomic E-state index is 11.4. The average Bonchev–Trinajstić information content (AvgIpc) is 2.91. The molecular weight excluding hydrogens is 252 g/mol. The Labute approximate surface area is 108 Å². The Morgan fingerprint density at radius 3 is 2.94 bits per heavy atom. The molecule has 0 aromatic carbocycles. The van der Waals surface area contributed by atoms with Crippen LogP contribution in [0.25, 0.3) is 0 Å². The monoisotopic (exact) mass is 272 g/mol. The van der Waals surface area contributed by atoms with Crippen LogP contribution in [0.2, 0.25) is 0 Å². The molecule has 0 saturated carbocycles. The fourth-order valence-corrected chi connectivity index (χ4v) is 4.13. The topological polar surface area (TPSA) is 68.1 Å². The number of aromatic nitrogens is 3. The van der Waals surface area contributed by atoms with Gasteiger partial charge in [0.15, 0.2) is 9.84 Å². The van der Waals surface area contributed by atoms with E-state index in [1.807, 2.05) is 18.7 Å². The molecular formula is C11H20N4O2S. The zero-order valence-corrected chi connectivity index (χ0v) is 11.7. The fraction of sp³-hybridized carbons (Fsp3) is 0.818. The lowest BCUT2D eigenvalue weighted by Crippen LogP contribution is -2.34. The molecule has 1 aliphatic rings. The van der Waals surface area contributed by atoms with E-state index in [1.54, 1.807) is 6.33 Å². The molecule has 1 aromatic heterocycles. The molecule has 1 saturated heterocycles. The van der Waals surface area contributed by atoms with Crippen LogP contribution >= 0.6 is 0 Å². The molecule has 0 N–H and O–H groups in total. The van der Waals surface area contributed by atoms with Gasteiger partial charge in [-0.25, -0.2) is 13.4 Å². The van der Waals surface area contributed by atoms with E-state index in [1.165, 1.54) is 0 Å². The van der Waals surface area contributed by atoms with Crippen LogP contribution in [0, 0.1) is 0 Å². The molecule has 1 aliphatic heterocycles. The summed E-state index contributed by atoms with van der Waals surface area (Å²) in [7, 11) is -0.816. The van der Waals surface area contributed by atoms with Crippen LogP contribution in [-0.4, -0.2) is 59.2 Å². The summed E-state index contributed by atoms with van der Waals surface area (Å²) in [6.07, 6.45) is 3.12. The van der Waals surface area contributed by atoms with Gasteiger partial charge in [-0.2, -0.15) is 5.10 Å². The molecule has 1 fully saturated rings. The first-order valence-electron chi connectivity index (χ1n) is 6.29. The maximum Gasteiger partial charge on any atom is 0.151 e. The summed E-state index contributed by atoms with van der Waals surface area (Å²) >= 11 is 0. The van der Waals surface area contributed by atoms with Gasteiger partial charge in [-0.3, -0.25) is 4.68 Å².